The number of aromatic nitrogens is 1. The third kappa shape index (κ3) is 2.54. The van der Waals surface area contributed by atoms with E-state index < -0.39 is 0 Å². The Balaban J connectivity index is 1.90. The van der Waals surface area contributed by atoms with E-state index in [1.54, 1.807) is 0 Å². The van der Waals surface area contributed by atoms with Crippen LogP contribution in [0.5, 0.6) is 0 Å². The first-order chi connectivity index (χ1) is 12.8. The summed E-state index contributed by atoms with van der Waals surface area (Å²) in [5.74, 6) is 0. The first-order valence-electron chi connectivity index (χ1n) is 8.65. The number of hydrogen-bond donors (Lipinski definition) is 1. The average Bonchev–Trinajstić information content (AvgIpc) is 3.06. The Kier molecular flexibility index (Phi) is 3.65. The standard InChI is InChI=1S/C24H16BrN/c25-19-10-6-9-17(13-19)21-14-18(16-7-2-1-3-8-16)15-22-20-11-4-5-12-23(20)26-24(21)22/h1-15,26H. The lowest BCUT2D eigenvalue weighted by molar-refractivity contribution is 1.53. The number of hydrogen-bond acceptors (Lipinski definition) is 0. The molecule has 1 nitrogen and oxygen atoms in total. The van der Waals surface area contributed by atoms with Crippen molar-refractivity contribution in [1.29, 1.82) is 0 Å². The normalized spacial score (nSPS) is 11.3. The Morgan fingerprint density at radius 1 is 0.577 bits per heavy atom. The Hall–Kier alpha value is -2.84. The van der Waals surface area contributed by atoms with E-state index in [1.165, 1.54) is 44.1 Å². The zero-order valence-electron chi connectivity index (χ0n) is 14.0. The molecule has 0 aliphatic carbocycles. The van der Waals surface area contributed by atoms with Crippen LogP contribution in [0.1, 0.15) is 0 Å². The number of para-hydroxylation sites is 1. The fourth-order valence-electron chi connectivity index (χ4n) is 3.63. The van der Waals surface area contributed by atoms with E-state index in [0.717, 1.165) is 4.47 Å². The van der Waals surface area contributed by atoms with E-state index >= 15 is 0 Å². The van der Waals surface area contributed by atoms with E-state index in [9.17, 15) is 0 Å². The van der Waals surface area contributed by atoms with Crippen LogP contribution in [0.15, 0.2) is 95.5 Å². The van der Waals surface area contributed by atoms with Gasteiger partial charge in [-0.2, -0.15) is 0 Å². The SMILES string of the molecule is Brc1cccc(-c2cc(-c3ccccc3)cc3c2[nH]c2ccccc23)c1. The summed E-state index contributed by atoms with van der Waals surface area (Å²) in [6.45, 7) is 0. The molecule has 0 aliphatic heterocycles. The summed E-state index contributed by atoms with van der Waals surface area (Å²) in [6.07, 6.45) is 0. The second kappa shape index (κ2) is 6.15. The lowest BCUT2D eigenvalue weighted by Gasteiger charge is -2.09. The van der Waals surface area contributed by atoms with Gasteiger partial charge >= 0.3 is 0 Å². The maximum atomic E-state index is 3.63. The Bertz CT molecular complexity index is 1240. The monoisotopic (exact) mass is 397 g/mol. The molecule has 0 bridgehead atoms. The van der Waals surface area contributed by atoms with E-state index in [2.05, 4.69) is 112 Å². The highest BCUT2D eigenvalue weighted by Gasteiger charge is 2.13. The number of aromatic amines is 1. The Labute approximate surface area is 160 Å². The molecule has 1 heterocycles. The zero-order valence-corrected chi connectivity index (χ0v) is 15.6. The number of rotatable bonds is 2. The molecule has 1 N–H and O–H groups in total. The van der Waals surface area contributed by atoms with Gasteiger partial charge in [-0.05, 0) is 47.0 Å². The fourth-order valence-corrected chi connectivity index (χ4v) is 4.03. The molecule has 4 aromatic carbocycles. The van der Waals surface area contributed by atoms with Gasteiger partial charge in [0.2, 0.25) is 0 Å². The molecule has 1 aromatic heterocycles. The number of benzene rings is 4. The van der Waals surface area contributed by atoms with Crippen LogP contribution in [0.3, 0.4) is 0 Å². The fraction of sp³-hybridized carbons (Fsp3) is 0. The highest BCUT2D eigenvalue weighted by Crippen LogP contribution is 2.38. The van der Waals surface area contributed by atoms with Gasteiger partial charge in [0.15, 0.2) is 0 Å². The summed E-state index contributed by atoms with van der Waals surface area (Å²) in [4.78, 5) is 3.63. The number of halogens is 1. The minimum absolute atomic E-state index is 1.09. The van der Waals surface area contributed by atoms with Gasteiger partial charge in [-0.3, -0.25) is 0 Å². The second-order valence-corrected chi connectivity index (χ2v) is 7.41. The van der Waals surface area contributed by atoms with Crippen molar-refractivity contribution in [2.24, 2.45) is 0 Å². The smallest absolute Gasteiger partial charge is 0.0544 e. The second-order valence-electron chi connectivity index (χ2n) is 6.49. The lowest BCUT2D eigenvalue weighted by Crippen LogP contribution is -1.85. The summed E-state index contributed by atoms with van der Waals surface area (Å²) in [5, 5.41) is 2.52. The summed E-state index contributed by atoms with van der Waals surface area (Å²) in [5.41, 5.74) is 7.24. The van der Waals surface area contributed by atoms with Gasteiger partial charge in [0.25, 0.3) is 0 Å². The van der Waals surface area contributed by atoms with Crippen molar-refractivity contribution in [1.82, 2.24) is 4.98 Å². The zero-order chi connectivity index (χ0) is 17.5. The van der Waals surface area contributed by atoms with E-state index in [-0.39, 0.29) is 0 Å². The van der Waals surface area contributed by atoms with Gasteiger partial charge in [-0.25, -0.2) is 0 Å². The van der Waals surface area contributed by atoms with Crippen molar-refractivity contribution < 1.29 is 0 Å². The predicted octanol–water partition coefficient (Wildman–Crippen LogP) is 7.42. The molecular formula is C24H16BrN. The van der Waals surface area contributed by atoms with Gasteiger partial charge in [-0.15, -0.1) is 0 Å². The van der Waals surface area contributed by atoms with E-state index in [1.807, 2.05) is 0 Å². The summed E-state index contributed by atoms with van der Waals surface area (Å²) < 4.78 is 1.09. The van der Waals surface area contributed by atoms with Gasteiger partial charge in [0.1, 0.15) is 0 Å². The third-order valence-electron chi connectivity index (χ3n) is 4.86. The van der Waals surface area contributed by atoms with Crippen LogP contribution in [0.25, 0.3) is 44.1 Å². The molecule has 0 unspecified atom stereocenters. The molecule has 26 heavy (non-hydrogen) atoms. The number of H-pyrrole nitrogens is 1. The molecular weight excluding hydrogens is 382 g/mol. The van der Waals surface area contributed by atoms with Crippen molar-refractivity contribution in [2.45, 2.75) is 0 Å². The van der Waals surface area contributed by atoms with Gasteiger partial charge in [0, 0.05) is 26.3 Å². The predicted molar refractivity (Wildman–Crippen MR) is 114 cm³/mol. The molecule has 5 aromatic rings. The quantitative estimate of drug-likeness (QED) is 0.319. The highest BCUT2D eigenvalue weighted by molar-refractivity contribution is 9.10. The average molecular weight is 398 g/mol. The van der Waals surface area contributed by atoms with E-state index in [4.69, 9.17) is 0 Å². The van der Waals surface area contributed by atoms with Gasteiger partial charge < -0.3 is 4.98 Å². The summed E-state index contributed by atoms with van der Waals surface area (Å²) in [6, 6.07) is 32.2. The van der Waals surface area contributed by atoms with Gasteiger partial charge in [0.05, 0.1) is 5.52 Å². The molecule has 0 aliphatic rings. The maximum Gasteiger partial charge on any atom is 0.0544 e. The number of nitrogens with one attached hydrogen (secondary N) is 1. The van der Waals surface area contributed by atoms with Crippen LogP contribution < -0.4 is 0 Å². The number of fused-ring (bicyclic) bond motifs is 3. The molecule has 0 saturated carbocycles. The lowest BCUT2D eigenvalue weighted by atomic mass is 9.95. The van der Waals surface area contributed by atoms with Crippen LogP contribution in [0, 0.1) is 0 Å². The van der Waals surface area contributed by atoms with Crippen LogP contribution in [-0.4, -0.2) is 4.98 Å². The first-order valence-corrected chi connectivity index (χ1v) is 9.45. The molecule has 0 atom stereocenters. The van der Waals surface area contributed by atoms with Crippen molar-refractivity contribution in [3.63, 3.8) is 0 Å². The van der Waals surface area contributed by atoms with Crippen LogP contribution in [-0.2, 0) is 0 Å². The Morgan fingerprint density at radius 2 is 1.35 bits per heavy atom. The molecule has 5 rings (SSSR count). The van der Waals surface area contributed by atoms with Crippen molar-refractivity contribution >= 4 is 37.7 Å². The molecule has 124 valence electrons. The highest BCUT2D eigenvalue weighted by atomic mass is 79.9. The molecule has 0 fully saturated rings. The maximum absolute atomic E-state index is 3.63. The minimum Gasteiger partial charge on any atom is -0.354 e. The van der Waals surface area contributed by atoms with Crippen LogP contribution in [0.4, 0.5) is 0 Å². The third-order valence-corrected chi connectivity index (χ3v) is 5.35. The van der Waals surface area contributed by atoms with Crippen molar-refractivity contribution in [3.05, 3.63) is 95.5 Å². The van der Waals surface area contributed by atoms with Crippen LogP contribution >= 0.6 is 15.9 Å². The van der Waals surface area contributed by atoms with Gasteiger partial charge in [-0.1, -0.05) is 76.6 Å². The minimum atomic E-state index is 1.09. The first kappa shape index (κ1) is 15.4. The molecule has 2 heteroatoms. The van der Waals surface area contributed by atoms with Crippen molar-refractivity contribution in [2.75, 3.05) is 0 Å². The largest absolute Gasteiger partial charge is 0.354 e. The summed E-state index contributed by atoms with van der Waals surface area (Å²) >= 11 is 3.61. The molecule has 0 spiro atoms. The van der Waals surface area contributed by atoms with E-state index in [0.29, 0.717) is 0 Å². The molecule has 0 saturated heterocycles. The van der Waals surface area contributed by atoms with Crippen LogP contribution in [0.2, 0.25) is 0 Å². The summed E-state index contributed by atoms with van der Waals surface area (Å²) in [7, 11) is 0. The molecule has 0 amide bonds. The van der Waals surface area contributed by atoms with Crippen molar-refractivity contribution in [3.8, 4) is 22.3 Å². The topological polar surface area (TPSA) is 15.8 Å². The Morgan fingerprint density at radius 3 is 2.19 bits per heavy atom. The molecule has 0 radical (unpaired) electrons.